The number of hydrogen-bond acceptors (Lipinski definition) is 4. The molecule has 2 aliphatic heterocycles. The number of carbonyl (C=O) groups is 1. The van der Waals surface area contributed by atoms with Crippen molar-refractivity contribution >= 4 is 11.7 Å². The number of carbonyl (C=O) groups excluding carboxylic acids is 1. The number of piperidine rings is 1. The summed E-state index contributed by atoms with van der Waals surface area (Å²) < 4.78 is 10.5. The number of hydrogen-bond donors (Lipinski definition) is 2. The fourth-order valence-electron chi connectivity index (χ4n) is 4.89. The van der Waals surface area contributed by atoms with Gasteiger partial charge in [-0.2, -0.15) is 0 Å². The number of rotatable bonds is 5. The summed E-state index contributed by atoms with van der Waals surface area (Å²) in [7, 11) is 3.30. The number of nitrogens with zero attached hydrogens (tertiary/aromatic N) is 1. The van der Waals surface area contributed by atoms with Crippen LogP contribution in [-0.4, -0.2) is 50.3 Å². The molecular formula is C26H27N3O3. The lowest BCUT2D eigenvalue weighted by Crippen LogP contribution is -2.74. The van der Waals surface area contributed by atoms with Gasteiger partial charge >= 0.3 is 6.03 Å². The van der Waals surface area contributed by atoms with Gasteiger partial charge < -0.3 is 25.0 Å². The van der Waals surface area contributed by atoms with Crippen LogP contribution < -0.4 is 20.1 Å². The first-order chi connectivity index (χ1) is 15.7. The van der Waals surface area contributed by atoms with Gasteiger partial charge in [0.25, 0.3) is 0 Å². The van der Waals surface area contributed by atoms with E-state index >= 15 is 0 Å². The molecule has 164 valence electrons. The van der Waals surface area contributed by atoms with Gasteiger partial charge in [-0.15, -0.1) is 0 Å². The minimum absolute atomic E-state index is 0.0548. The predicted octanol–water partition coefficient (Wildman–Crippen LogP) is 4.34. The lowest BCUT2D eigenvalue weighted by molar-refractivity contribution is 0.00202. The summed E-state index contributed by atoms with van der Waals surface area (Å²) in [6, 6.07) is 24.5. The molecule has 0 spiro atoms. The Morgan fingerprint density at radius 1 is 0.875 bits per heavy atom. The molecule has 1 unspecified atom stereocenters. The molecular weight excluding hydrogens is 402 g/mol. The SMILES string of the molecule is COc1ccc(-c2ccc(C3[C@H]4CNC[C@@H]3N4C(=O)Nc3cccc(OC)c3)cc2)cc1. The lowest BCUT2D eigenvalue weighted by Gasteiger charge is -2.59. The number of urea groups is 1. The molecule has 2 fully saturated rings. The fraction of sp³-hybridized carbons (Fsp3) is 0.269. The van der Waals surface area contributed by atoms with E-state index in [9.17, 15) is 4.79 Å². The van der Waals surface area contributed by atoms with Crippen LogP contribution in [0.3, 0.4) is 0 Å². The van der Waals surface area contributed by atoms with Crippen molar-refractivity contribution in [2.24, 2.45) is 0 Å². The van der Waals surface area contributed by atoms with E-state index in [0.717, 1.165) is 35.8 Å². The molecule has 2 heterocycles. The third kappa shape index (κ3) is 3.67. The Morgan fingerprint density at radius 2 is 1.50 bits per heavy atom. The number of fused-ring (bicyclic) bond motifs is 2. The van der Waals surface area contributed by atoms with Gasteiger partial charge in [-0.05, 0) is 41.0 Å². The van der Waals surface area contributed by atoms with Crippen LogP contribution in [0, 0.1) is 0 Å². The van der Waals surface area contributed by atoms with Crippen molar-refractivity contribution in [1.82, 2.24) is 10.2 Å². The van der Waals surface area contributed by atoms with E-state index < -0.39 is 0 Å². The summed E-state index contributed by atoms with van der Waals surface area (Å²) in [4.78, 5) is 15.0. The van der Waals surface area contributed by atoms with Crippen LogP contribution in [0.15, 0.2) is 72.8 Å². The molecule has 0 aromatic heterocycles. The zero-order valence-corrected chi connectivity index (χ0v) is 18.2. The van der Waals surface area contributed by atoms with Crippen molar-refractivity contribution in [3.63, 3.8) is 0 Å². The van der Waals surface area contributed by atoms with Crippen molar-refractivity contribution in [2.45, 2.75) is 18.0 Å². The average Bonchev–Trinajstić information content (AvgIpc) is 2.85. The number of nitrogens with one attached hydrogen (secondary N) is 2. The molecule has 5 rings (SSSR count). The number of amides is 2. The largest absolute Gasteiger partial charge is 0.497 e. The van der Waals surface area contributed by atoms with E-state index in [4.69, 9.17) is 9.47 Å². The van der Waals surface area contributed by atoms with Crippen LogP contribution in [0.5, 0.6) is 11.5 Å². The van der Waals surface area contributed by atoms with Gasteiger partial charge in [0.05, 0.1) is 26.3 Å². The maximum atomic E-state index is 13.0. The first kappa shape index (κ1) is 20.4. The van der Waals surface area contributed by atoms with Crippen LogP contribution in [0.1, 0.15) is 11.5 Å². The van der Waals surface area contributed by atoms with Gasteiger partial charge in [-0.3, -0.25) is 0 Å². The molecule has 3 aromatic rings. The van der Waals surface area contributed by atoms with Crippen LogP contribution in [0.2, 0.25) is 0 Å². The van der Waals surface area contributed by atoms with E-state index in [1.165, 1.54) is 11.1 Å². The molecule has 3 atom stereocenters. The molecule has 0 saturated carbocycles. The van der Waals surface area contributed by atoms with Crippen molar-refractivity contribution in [3.05, 3.63) is 78.4 Å². The summed E-state index contributed by atoms with van der Waals surface area (Å²) in [5.41, 5.74) is 4.36. The maximum absolute atomic E-state index is 13.0. The second-order valence-electron chi connectivity index (χ2n) is 8.24. The molecule has 0 radical (unpaired) electrons. The summed E-state index contributed by atoms with van der Waals surface area (Å²) >= 11 is 0. The molecule has 3 aromatic carbocycles. The third-order valence-electron chi connectivity index (χ3n) is 6.53. The van der Waals surface area contributed by atoms with Gasteiger partial charge in [-0.1, -0.05) is 42.5 Å². The Kier molecular flexibility index (Phi) is 5.45. The second kappa shape index (κ2) is 8.55. The first-order valence-corrected chi connectivity index (χ1v) is 10.9. The number of likely N-dealkylation sites (tertiary alicyclic amines) is 1. The normalized spacial score (nSPS) is 21.4. The monoisotopic (exact) mass is 429 g/mol. The van der Waals surface area contributed by atoms with E-state index in [1.54, 1.807) is 14.2 Å². The van der Waals surface area contributed by atoms with Crippen LogP contribution in [-0.2, 0) is 0 Å². The van der Waals surface area contributed by atoms with Crippen LogP contribution in [0.4, 0.5) is 10.5 Å². The quantitative estimate of drug-likeness (QED) is 0.633. The summed E-state index contributed by atoms with van der Waals surface area (Å²) in [6.45, 7) is 1.60. The van der Waals surface area contributed by atoms with Gasteiger partial charge in [0.15, 0.2) is 0 Å². The van der Waals surface area contributed by atoms with E-state index in [1.807, 2.05) is 41.3 Å². The van der Waals surface area contributed by atoms with Gasteiger partial charge in [0, 0.05) is 30.8 Å². The maximum Gasteiger partial charge on any atom is 0.322 e. The van der Waals surface area contributed by atoms with Crippen molar-refractivity contribution < 1.29 is 14.3 Å². The number of methoxy groups -OCH3 is 2. The topological polar surface area (TPSA) is 62.8 Å². The minimum atomic E-state index is -0.0548. The highest BCUT2D eigenvalue weighted by atomic mass is 16.5. The van der Waals surface area contributed by atoms with Gasteiger partial charge in [0.2, 0.25) is 0 Å². The van der Waals surface area contributed by atoms with E-state index in [-0.39, 0.29) is 18.1 Å². The van der Waals surface area contributed by atoms with Gasteiger partial charge in [-0.25, -0.2) is 4.79 Å². The molecule has 2 amide bonds. The Labute approximate surface area is 188 Å². The highest BCUT2D eigenvalue weighted by molar-refractivity contribution is 5.91. The number of anilines is 1. The Hall–Kier alpha value is -3.51. The average molecular weight is 430 g/mol. The molecule has 6 heteroatoms. The molecule has 2 aliphatic rings. The minimum Gasteiger partial charge on any atom is -0.497 e. The van der Waals surface area contributed by atoms with Crippen molar-refractivity contribution in [3.8, 4) is 22.6 Å². The van der Waals surface area contributed by atoms with E-state index in [2.05, 4.69) is 47.0 Å². The van der Waals surface area contributed by atoms with Crippen LogP contribution in [0.25, 0.3) is 11.1 Å². The standard InChI is InChI=1S/C26H27N3O3/c1-31-21-12-10-18(11-13-21)17-6-8-19(9-7-17)25-23-15-27-16-24(25)29(23)26(30)28-20-4-3-5-22(14-20)32-2/h3-14,23-25,27H,15-16H2,1-2H3,(H,28,30)/t23-,24+,25?. The van der Waals surface area contributed by atoms with Crippen molar-refractivity contribution in [1.29, 1.82) is 0 Å². The molecule has 2 bridgehead atoms. The number of benzene rings is 3. The number of ether oxygens (including phenoxy) is 2. The summed E-state index contributed by atoms with van der Waals surface area (Å²) in [5, 5.41) is 6.47. The van der Waals surface area contributed by atoms with Crippen LogP contribution >= 0.6 is 0 Å². The smallest absolute Gasteiger partial charge is 0.322 e. The lowest BCUT2D eigenvalue weighted by atomic mass is 9.72. The first-order valence-electron chi connectivity index (χ1n) is 10.9. The molecule has 2 saturated heterocycles. The molecule has 32 heavy (non-hydrogen) atoms. The predicted molar refractivity (Wildman–Crippen MR) is 125 cm³/mol. The highest BCUT2D eigenvalue weighted by Gasteiger charge is 2.53. The zero-order valence-electron chi connectivity index (χ0n) is 18.2. The molecule has 2 N–H and O–H groups in total. The van der Waals surface area contributed by atoms with Crippen molar-refractivity contribution in [2.75, 3.05) is 32.6 Å². The zero-order chi connectivity index (χ0) is 22.1. The molecule has 0 aliphatic carbocycles. The molecule has 6 nitrogen and oxygen atoms in total. The highest BCUT2D eigenvalue weighted by Crippen LogP contribution is 2.43. The number of piperazine rings is 1. The Balaban J connectivity index is 1.29. The summed E-state index contributed by atoms with van der Waals surface area (Å²) in [5.74, 6) is 1.92. The Morgan fingerprint density at radius 3 is 2.12 bits per heavy atom. The van der Waals surface area contributed by atoms with E-state index in [0.29, 0.717) is 5.92 Å². The third-order valence-corrected chi connectivity index (χ3v) is 6.53. The van der Waals surface area contributed by atoms with Gasteiger partial charge in [0.1, 0.15) is 11.5 Å². The Bertz CT molecular complexity index is 1090. The fourth-order valence-corrected chi connectivity index (χ4v) is 4.89. The summed E-state index contributed by atoms with van der Waals surface area (Å²) in [6.07, 6.45) is 0. The second-order valence-corrected chi connectivity index (χ2v) is 8.24.